The molecule has 3 fully saturated rings. The fourth-order valence-electron chi connectivity index (χ4n) is 6.81. The standard InChI is InChI=1S/C28H28FNO5/c1-17-12-13-20-24(26(2)23(31)14-15-28(17,26)33)34-25(32)27(20)16-22(19-10-6-7-11-21(19)29)30(35-27)18-8-4-3-5-9-18/h3-11,14-15,17,20,22,24,33H,12-13,16H2,1-2H3/t17-,20+,22-,24+,26-,27?,28+/m0/s1. The Morgan fingerprint density at radius 1 is 1.06 bits per heavy atom. The van der Waals surface area contributed by atoms with Crippen LogP contribution in [0, 0.1) is 23.1 Å². The van der Waals surface area contributed by atoms with Gasteiger partial charge >= 0.3 is 5.97 Å². The number of rotatable bonds is 2. The summed E-state index contributed by atoms with van der Waals surface area (Å²) in [6, 6.07) is 15.2. The molecular formula is C28H28FNO5. The minimum atomic E-state index is -1.42. The lowest BCUT2D eigenvalue weighted by molar-refractivity contribution is -0.169. The van der Waals surface area contributed by atoms with Gasteiger partial charge in [0.25, 0.3) is 0 Å². The van der Waals surface area contributed by atoms with E-state index in [1.54, 1.807) is 36.3 Å². The second-order valence-corrected chi connectivity index (χ2v) is 10.5. The third-order valence-corrected chi connectivity index (χ3v) is 8.92. The van der Waals surface area contributed by atoms with Gasteiger partial charge in [0.05, 0.1) is 17.1 Å². The molecule has 0 bridgehead atoms. The summed E-state index contributed by atoms with van der Waals surface area (Å²) in [5, 5.41) is 13.3. The molecule has 1 N–H and O–H groups in total. The number of carbonyl (C=O) groups excluding carboxylic acids is 2. The Kier molecular flexibility index (Phi) is 4.80. The van der Waals surface area contributed by atoms with E-state index < -0.39 is 40.7 Å². The van der Waals surface area contributed by atoms with Gasteiger partial charge in [-0.05, 0) is 56.0 Å². The third kappa shape index (κ3) is 2.82. The number of hydrogen-bond acceptors (Lipinski definition) is 6. The van der Waals surface area contributed by atoms with Crippen LogP contribution < -0.4 is 5.06 Å². The van der Waals surface area contributed by atoms with Crippen LogP contribution in [0.15, 0.2) is 66.7 Å². The average molecular weight is 478 g/mol. The highest BCUT2D eigenvalue weighted by Gasteiger charge is 2.74. The van der Waals surface area contributed by atoms with Gasteiger partial charge in [0.1, 0.15) is 17.5 Å². The molecule has 0 amide bonds. The van der Waals surface area contributed by atoms with Crippen molar-refractivity contribution in [2.45, 2.75) is 56.5 Å². The van der Waals surface area contributed by atoms with E-state index >= 15 is 4.39 Å². The summed E-state index contributed by atoms with van der Waals surface area (Å²) >= 11 is 0. The summed E-state index contributed by atoms with van der Waals surface area (Å²) in [6.45, 7) is 3.62. The van der Waals surface area contributed by atoms with Crippen LogP contribution in [0.4, 0.5) is 10.1 Å². The van der Waals surface area contributed by atoms with Crippen molar-refractivity contribution in [3.63, 3.8) is 0 Å². The van der Waals surface area contributed by atoms with E-state index in [0.717, 1.165) is 0 Å². The number of hydrogen-bond donors (Lipinski definition) is 1. The van der Waals surface area contributed by atoms with Crippen molar-refractivity contribution in [1.82, 2.24) is 0 Å². The maximum Gasteiger partial charge on any atom is 0.342 e. The summed E-state index contributed by atoms with van der Waals surface area (Å²) < 4.78 is 21.0. The number of hydroxylamine groups is 1. The van der Waals surface area contributed by atoms with Crippen molar-refractivity contribution in [3.8, 4) is 0 Å². The smallest absolute Gasteiger partial charge is 0.342 e. The number of benzene rings is 2. The first-order valence-corrected chi connectivity index (χ1v) is 12.2. The Hall–Kier alpha value is -3.03. The van der Waals surface area contributed by atoms with Gasteiger partial charge in [-0.25, -0.2) is 14.2 Å². The number of halogens is 1. The zero-order chi connectivity index (χ0) is 24.6. The fraction of sp³-hybridized carbons (Fsp3) is 0.429. The Labute approximate surface area is 203 Å². The van der Waals surface area contributed by atoms with Crippen molar-refractivity contribution >= 4 is 17.4 Å². The van der Waals surface area contributed by atoms with Crippen molar-refractivity contribution in [3.05, 3.63) is 78.1 Å². The van der Waals surface area contributed by atoms with E-state index in [9.17, 15) is 14.7 Å². The molecule has 0 aromatic heterocycles. The molecule has 6 rings (SSSR count). The Morgan fingerprint density at radius 3 is 2.51 bits per heavy atom. The van der Waals surface area contributed by atoms with Gasteiger partial charge in [0.15, 0.2) is 5.78 Å². The summed E-state index contributed by atoms with van der Waals surface area (Å²) in [4.78, 5) is 33.4. The molecule has 35 heavy (non-hydrogen) atoms. The maximum absolute atomic E-state index is 15.0. The first kappa shape index (κ1) is 22.4. The molecule has 182 valence electrons. The van der Waals surface area contributed by atoms with E-state index in [0.29, 0.717) is 24.1 Å². The number of esters is 1. The van der Waals surface area contributed by atoms with E-state index in [-0.39, 0.29) is 23.9 Å². The zero-order valence-corrected chi connectivity index (χ0v) is 19.7. The second-order valence-electron chi connectivity index (χ2n) is 10.5. The van der Waals surface area contributed by atoms with Crippen molar-refractivity contribution in [2.24, 2.45) is 17.3 Å². The molecule has 2 aliphatic carbocycles. The average Bonchev–Trinajstić information content (AvgIpc) is 3.45. The first-order valence-electron chi connectivity index (χ1n) is 12.2. The van der Waals surface area contributed by atoms with Crippen LogP contribution in [-0.2, 0) is 19.2 Å². The number of ketones is 1. The molecule has 2 aromatic rings. The molecule has 7 heteroatoms. The molecule has 2 aliphatic heterocycles. The van der Waals surface area contributed by atoms with Gasteiger partial charge in [0, 0.05) is 17.9 Å². The molecule has 2 saturated heterocycles. The molecule has 1 unspecified atom stereocenters. The molecule has 0 radical (unpaired) electrons. The topological polar surface area (TPSA) is 76.1 Å². The maximum atomic E-state index is 15.0. The first-order chi connectivity index (χ1) is 16.7. The predicted octanol–water partition coefficient (Wildman–Crippen LogP) is 4.30. The normalized spacial score (nSPS) is 40.1. The fourth-order valence-corrected chi connectivity index (χ4v) is 6.81. The Morgan fingerprint density at radius 2 is 1.77 bits per heavy atom. The number of fused-ring (bicyclic) bond motifs is 4. The molecule has 7 atom stereocenters. The number of para-hydroxylation sites is 1. The molecule has 2 aromatic carbocycles. The van der Waals surface area contributed by atoms with Gasteiger partial charge in [-0.15, -0.1) is 0 Å². The van der Waals surface area contributed by atoms with Crippen LogP contribution >= 0.6 is 0 Å². The van der Waals surface area contributed by atoms with Crippen LogP contribution in [0.5, 0.6) is 0 Å². The number of nitrogens with zero attached hydrogens (tertiary/aromatic N) is 1. The second kappa shape index (κ2) is 7.48. The van der Waals surface area contributed by atoms with Crippen molar-refractivity contribution in [1.29, 1.82) is 0 Å². The van der Waals surface area contributed by atoms with Crippen LogP contribution in [0.1, 0.15) is 44.7 Å². The summed E-state index contributed by atoms with van der Waals surface area (Å²) in [5.41, 5.74) is -3.02. The van der Waals surface area contributed by atoms with E-state index in [1.165, 1.54) is 12.1 Å². The number of ether oxygens (including phenoxy) is 1. The molecule has 6 nitrogen and oxygen atoms in total. The number of anilines is 1. The highest BCUT2D eigenvalue weighted by molar-refractivity contribution is 6.00. The van der Waals surface area contributed by atoms with Crippen molar-refractivity contribution < 1.29 is 28.7 Å². The van der Waals surface area contributed by atoms with Crippen LogP contribution in [0.3, 0.4) is 0 Å². The van der Waals surface area contributed by atoms with Crippen LogP contribution in [0.2, 0.25) is 0 Å². The number of allylic oxidation sites excluding steroid dienone is 1. The SMILES string of the molecule is C[C@H]1CC[C@@H]2[C@@H](OC(=O)C23C[C@@H](c2ccccc2F)N(c2ccccc2)O3)[C@]2(C)C(=O)C=C[C@@]12O. The lowest BCUT2D eigenvalue weighted by Crippen LogP contribution is -2.57. The van der Waals surface area contributed by atoms with Crippen LogP contribution in [-0.4, -0.2) is 34.2 Å². The van der Waals surface area contributed by atoms with Crippen molar-refractivity contribution in [2.75, 3.05) is 5.06 Å². The summed E-state index contributed by atoms with van der Waals surface area (Å²) in [7, 11) is 0. The molecule has 1 spiro atoms. The lowest BCUT2D eigenvalue weighted by Gasteiger charge is -2.43. The minimum absolute atomic E-state index is 0.174. The molecule has 1 saturated carbocycles. The summed E-state index contributed by atoms with van der Waals surface area (Å²) in [6.07, 6.45) is 3.41. The highest BCUT2D eigenvalue weighted by atomic mass is 19.1. The number of carbonyl (C=O) groups is 2. The van der Waals surface area contributed by atoms with E-state index in [1.807, 2.05) is 37.3 Å². The van der Waals surface area contributed by atoms with E-state index in [2.05, 4.69) is 0 Å². The minimum Gasteiger partial charge on any atom is -0.459 e. The highest BCUT2D eigenvalue weighted by Crippen LogP contribution is 2.61. The zero-order valence-electron chi connectivity index (χ0n) is 19.7. The largest absolute Gasteiger partial charge is 0.459 e. The van der Waals surface area contributed by atoms with Gasteiger partial charge in [-0.1, -0.05) is 43.3 Å². The van der Waals surface area contributed by atoms with Gasteiger partial charge < -0.3 is 9.84 Å². The van der Waals surface area contributed by atoms with Crippen LogP contribution in [0.25, 0.3) is 0 Å². The van der Waals surface area contributed by atoms with Gasteiger partial charge in [-0.3, -0.25) is 9.63 Å². The lowest BCUT2D eigenvalue weighted by atomic mass is 9.63. The molecule has 2 heterocycles. The molecule has 4 aliphatic rings. The monoisotopic (exact) mass is 477 g/mol. The van der Waals surface area contributed by atoms with E-state index in [4.69, 9.17) is 9.57 Å². The predicted molar refractivity (Wildman–Crippen MR) is 125 cm³/mol. The Bertz CT molecular complexity index is 1230. The quantitative estimate of drug-likeness (QED) is 0.651. The Balaban J connectivity index is 1.47. The molecular weight excluding hydrogens is 449 g/mol. The van der Waals surface area contributed by atoms with Gasteiger partial charge in [0.2, 0.25) is 5.60 Å². The summed E-state index contributed by atoms with van der Waals surface area (Å²) in [5.74, 6) is -1.90. The van der Waals surface area contributed by atoms with Gasteiger partial charge in [-0.2, -0.15) is 0 Å². The number of aliphatic hydroxyl groups is 1. The third-order valence-electron chi connectivity index (χ3n) is 8.92.